The quantitative estimate of drug-likeness (QED) is 0.321. The van der Waals surface area contributed by atoms with Crippen molar-refractivity contribution < 1.29 is 42.1 Å². The first-order valence-electron chi connectivity index (χ1n) is 9.89. The molecule has 35 heavy (non-hydrogen) atoms. The van der Waals surface area contributed by atoms with Crippen molar-refractivity contribution in [3.8, 4) is 22.8 Å². The fourth-order valence-corrected chi connectivity index (χ4v) is 4.47. The van der Waals surface area contributed by atoms with Crippen molar-refractivity contribution in [3.63, 3.8) is 0 Å². The van der Waals surface area contributed by atoms with Crippen LogP contribution in [0.3, 0.4) is 0 Å². The second-order valence-corrected chi connectivity index (χ2v) is 8.75. The number of nitrogens with one attached hydrogen (secondary N) is 1. The van der Waals surface area contributed by atoms with Crippen LogP contribution in [-0.4, -0.2) is 53.4 Å². The van der Waals surface area contributed by atoms with Crippen LogP contribution >= 0.6 is 0 Å². The van der Waals surface area contributed by atoms with Gasteiger partial charge in [-0.2, -0.15) is 4.39 Å². The second-order valence-electron chi connectivity index (χ2n) is 6.93. The summed E-state index contributed by atoms with van der Waals surface area (Å²) in [6.45, 7) is 0.472. The summed E-state index contributed by atoms with van der Waals surface area (Å²) in [5.74, 6) is -2.42. The van der Waals surface area contributed by atoms with Gasteiger partial charge in [-0.15, -0.1) is 0 Å². The molecule has 1 aromatic carbocycles. The Bertz CT molecular complexity index is 1370. The van der Waals surface area contributed by atoms with E-state index in [4.69, 9.17) is 19.7 Å². The van der Waals surface area contributed by atoms with E-state index in [2.05, 4.69) is 10.3 Å². The second kappa shape index (κ2) is 10.8. The van der Waals surface area contributed by atoms with Crippen LogP contribution in [-0.2, 0) is 26.2 Å². The molecule has 1 aliphatic rings. The topological polar surface area (TPSA) is 157 Å². The van der Waals surface area contributed by atoms with Crippen molar-refractivity contribution in [2.75, 3.05) is 13.8 Å². The maximum Gasteiger partial charge on any atom is 0.328 e. The van der Waals surface area contributed by atoms with E-state index in [-0.39, 0.29) is 22.9 Å². The number of halogens is 1. The highest BCUT2D eigenvalue weighted by molar-refractivity contribution is 7.90. The molecule has 3 heterocycles. The fraction of sp³-hybridized carbons (Fsp3) is 0.136. The number of pyridine rings is 1. The summed E-state index contributed by atoms with van der Waals surface area (Å²) in [7, 11) is -2.25. The summed E-state index contributed by atoms with van der Waals surface area (Å²) in [5.41, 5.74) is 0.993. The first-order valence-corrected chi connectivity index (χ1v) is 11.3. The lowest BCUT2D eigenvalue weighted by Gasteiger charge is -2.11. The molecule has 0 saturated heterocycles. The molecule has 3 N–H and O–H groups in total. The number of hydrogen-bond donors (Lipinski definition) is 3. The van der Waals surface area contributed by atoms with Gasteiger partial charge in [0.1, 0.15) is 0 Å². The van der Waals surface area contributed by atoms with Gasteiger partial charge in [-0.1, -0.05) is 0 Å². The standard InChI is InChI=1S/C18H16FN3O4S.C4H4O4/c1-20-9-12-7-15(14-3-2-6-21-18(14)19)22(10-12)27(23,24)13-4-5-16-17(8-13)26-11-25-16;5-3(6)1-2-4(7)8/h2-8,10,20H,9,11H2,1H3;1-2H,(H,5,6)(H,7,8)/b;2-1+. The van der Waals surface area contributed by atoms with Gasteiger partial charge in [-0.05, 0) is 42.9 Å². The largest absolute Gasteiger partial charge is 0.478 e. The smallest absolute Gasteiger partial charge is 0.328 e. The Morgan fingerprint density at radius 3 is 2.46 bits per heavy atom. The third-order valence-corrected chi connectivity index (χ3v) is 6.20. The normalized spacial score (nSPS) is 12.3. The third kappa shape index (κ3) is 6.02. The van der Waals surface area contributed by atoms with Crippen molar-refractivity contribution in [2.45, 2.75) is 11.4 Å². The maximum atomic E-state index is 14.2. The molecule has 0 spiro atoms. The van der Waals surface area contributed by atoms with Gasteiger partial charge in [-0.25, -0.2) is 27.0 Å². The average molecular weight is 505 g/mol. The monoisotopic (exact) mass is 505 g/mol. The Balaban J connectivity index is 0.000000371. The molecule has 4 rings (SSSR count). The van der Waals surface area contributed by atoms with Gasteiger partial charge < -0.3 is 25.0 Å². The first-order chi connectivity index (χ1) is 16.6. The number of hydrogen-bond acceptors (Lipinski definition) is 8. The number of carboxylic acid groups (broad SMARTS) is 2. The van der Waals surface area contributed by atoms with Crippen molar-refractivity contribution in [2.24, 2.45) is 0 Å². The molecule has 2 aromatic heterocycles. The van der Waals surface area contributed by atoms with Crippen molar-refractivity contribution >= 4 is 22.0 Å². The van der Waals surface area contributed by atoms with E-state index in [0.717, 1.165) is 3.97 Å². The van der Waals surface area contributed by atoms with E-state index in [1.54, 1.807) is 19.2 Å². The summed E-state index contributed by atoms with van der Waals surface area (Å²) in [6, 6.07) is 9.05. The molecule has 0 aliphatic carbocycles. The van der Waals surface area contributed by atoms with E-state index in [1.165, 1.54) is 36.7 Å². The van der Waals surface area contributed by atoms with E-state index in [9.17, 15) is 22.4 Å². The number of fused-ring (bicyclic) bond motifs is 1. The van der Waals surface area contributed by atoms with E-state index >= 15 is 0 Å². The van der Waals surface area contributed by atoms with E-state index in [0.29, 0.717) is 35.8 Å². The number of carboxylic acids is 2. The molecule has 13 heteroatoms. The lowest BCUT2D eigenvalue weighted by Crippen LogP contribution is -2.14. The van der Waals surface area contributed by atoms with Crippen LogP contribution in [0.1, 0.15) is 5.56 Å². The number of rotatable bonds is 7. The van der Waals surface area contributed by atoms with Crippen LogP contribution in [0, 0.1) is 5.95 Å². The van der Waals surface area contributed by atoms with E-state index in [1.807, 2.05) is 0 Å². The molecule has 1 aliphatic heterocycles. The fourth-order valence-electron chi connectivity index (χ4n) is 3.06. The molecule has 0 unspecified atom stereocenters. The zero-order chi connectivity index (χ0) is 25.6. The highest BCUT2D eigenvalue weighted by atomic mass is 32.2. The Morgan fingerprint density at radius 1 is 1.14 bits per heavy atom. The first kappa shape index (κ1) is 25.4. The maximum absolute atomic E-state index is 14.2. The van der Waals surface area contributed by atoms with Gasteiger partial charge in [0.15, 0.2) is 11.5 Å². The number of aliphatic carboxylic acids is 2. The summed E-state index contributed by atoms with van der Waals surface area (Å²) < 4.78 is 52.3. The molecule has 3 aromatic rings. The SMILES string of the molecule is CNCc1cc(-c2cccnc2F)n(S(=O)(=O)c2ccc3c(c2)OCO3)c1.O=C(O)/C=C/C(=O)O. The number of carbonyl (C=O) groups is 2. The highest BCUT2D eigenvalue weighted by Crippen LogP contribution is 2.35. The molecule has 0 atom stereocenters. The van der Waals surface area contributed by atoms with Gasteiger partial charge in [0.05, 0.1) is 16.2 Å². The van der Waals surface area contributed by atoms with E-state index < -0.39 is 27.9 Å². The van der Waals surface area contributed by atoms with Crippen LogP contribution < -0.4 is 14.8 Å². The van der Waals surface area contributed by atoms with Gasteiger partial charge in [0, 0.05) is 37.2 Å². The highest BCUT2D eigenvalue weighted by Gasteiger charge is 2.26. The molecular formula is C22H20FN3O8S. The minimum atomic E-state index is -3.99. The Morgan fingerprint density at radius 2 is 1.83 bits per heavy atom. The predicted octanol–water partition coefficient (Wildman–Crippen LogP) is 2.09. The van der Waals surface area contributed by atoms with Gasteiger partial charge in [0.25, 0.3) is 10.0 Å². The average Bonchev–Trinajstić information content (AvgIpc) is 3.45. The van der Waals surface area contributed by atoms with Crippen LogP contribution in [0.4, 0.5) is 4.39 Å². The number of aromatic nitrogens is 2. The molecule has 0 bridgehead atoms. The summed E-state index contributed by atoms with van der Waals surface area (Å²) >= 11 is 0. The van der Waals surface area contributed by atoms with Crippen molar-refractivity contribution in [3.05, 3.63) is 72.5 Å². The summed E-state index contributed by atoms with van der Waals surface area (Å²) in [6.07, 6.45) is 3.90. The zero-order valence-electron chi connectivity index (χ0n) is 18.2. The minimum Gasteiger partial charge on any atom is -0.478 e. The van der Waals surface area contributed by atoms with Crippen molar-refractivity contribution in [1.29, 1.82) is 0 Å². The molecule has 11 nitrogen and oxygen atoms in total. The van der Waals surface area contributed by atoms with Crippen LogP contribution in [0.2, 0.25) is 0 Å². The summed E-state index contributed by atoms with van der Waals surface area (Å²) in [4.78, 5) is 22.8. The lowest BCUT2D eigenvalue weighted by atomic mass is 10.2. The summed E-state index contributed by atoms with van der Waals surface area (Å²) in [5, 5.41) is 18.6. The van der Waals surface area contributed by atoms with Crippen LogP contribution in [0.5, 0.6) is 11.5 Å². The zero-order valence-corrected chi connectivity index (χ0v) is 19.0. The third-order valence-electron chi connectivity index (χ3n) is 4.53. The molecule has 184 valence electrons. The van der Waals surface area contributed by atoms with Gasteiger partial charge >= 0.3 is 11.9 Å². The Labute approximate surface area is 199 Å². The van der Waals surface area contributed by atoms with Gasteiger partial charge in [0.2, 0.25) is 12.7 Å². The number of benzene rings is 1. The van der Waals surface area contributed by atoms with Crippen molar-refractivity contribution in [1.82, 2.24) is 14.3 Å². The number of nitrogens with zero attached hydrogens (tertiary/aromatic N) is 2. The van der Waals surface area contributed by atoms with Crippen LogP contribution in [0.15, 0.2) is 65.8 Å². The molecule has 0 fully saturated rings. The molecule has 0 radical (unpaired) electrons. The molecular weight excluding hydrogens is 485 g/mol. The number of ether oxygens (including phenoxy) is 2. The molecule has 0 saturated carbocycles. The Hall–Kier alpha value is -4.23. The van der Waals surface area contributed by atoms with Gasteiger partial charge in [-0.3, -0.25) is 0 Å². The predicted molar refractivity (Wildman–Crippen MR) is 120 cm³/mol. The Kier molecular flexibility index (Phi) is 7.83. The minimum absolute atomic E-state index is 0.0175. The van der Waals surface area contributed by atoms with Crippen LogP contribution in [0.25, 0.3) is 11.3 Å². The lowest BCUT2D eigenvalue weighted by molar-refractivity contribution is -0.134. The molecule has 0 amide bonds.